The number of benzene rings is 2. The molecule has 1 saturated carbocycles. The first-order chi connectivity index (χ1) is 9.70. The number of carbonyl (C=O) groups excluding carboxylic acids is 1. The Labute approximate surface area is 119 Å². The summed E-state index contributed by atoms with van der Waals surface area (Å²) in [4.78, 5) is 12.1. The Bertz CT molecular complexity index is 623. The largest absolute Gasteiger partial charge is 0.353 e. The molecule has 0 aromatic heterocycles. The van der Waals surface area contributed by atoms with Crippen LogP contribution in [0.1, 0.15) is 24.8 Å². The molecule has 1 fully saturated rings. The summed E-state index contributed by atoms with van der Waals surface area (Å²) in [5, 5.41) is 5.47. The van der Waals surface area contributed by atoms with Crippen molar-refractivity contribution in [1.29, 1.82) is 0 Å². The number of nitrogens with one attached hydrogen (secondary N) is 1. The maximum absolute atomic E-state index is 12.1. The van der Waals surface area contributed by atoms with E-state index in [1.54, 1.807) is 0 Å². The first-order valence-electron chi connectivity index (χ1n) is 7.23. The van der Waals surface area contributed by atoms with E-state index in [9.17, 15) is 4.79 Å². The summed E-state index contributed by atoms with van der Waals surface area (Å²) in [6.07, 6.45) is 3.37. The van der Waals surface area contributed by atoms with Gasteiger partial charge in [-0.3, -0.25) is 4.79 Å². The lowest BCUT2D eigenvalue weighted by Gasteiger charge is -2.12. The van der Waals surface area contributed by atoms with Crippen LogP contribution in [-0.4, -0.2) is 18.0 Å². The van der Waals surface area contributed by atoms with Gasteiger partial charge in [0, 0.05) is 12.1 Å². The van der Waals surface area contributed by atoms with Crippen LogP contribution in [0.4, 0.5) is 0 Å². The number of fused-ring (bicyclic) bond motifs is 1. The van der Waals surface area contributed by atoms with Crippen molar-refractivity contribution in [2.75, 3.05) is 0 Å². The van der Waals surface area contributed by atoms with Crippen LogP contribution in [0.15, 0.2) is 42.5 Å². The third-order valence-corrected chi connectivity index (χ3v) is 4.02. The number of hydrogen-bond donors (Lipinski definition) is 2. The second kappa shape index (κ2) is 5.63. The van der Waals surface area contributed by atoms with E-state index in [1.807, 2.05) is 18.2 Å². The Morgan fingerprint density at radius 1 is 1.15 bits per heavy atom. The molecule has 0 spiro atoms. The predicted octanol–water partition coefficient (Wildman–Crippen LogP) is 2.38. The monoisotopic (exact) mass is 268 g/mol. The molecule has 1 aliphatic carbocycles. The Morgan fingerprint density at radius 3 is 2.70 bits per heavy atom. The van der Waals surface area contributed by atoms with Gasteiger partial charge in [0.05, 0.1) is 6.42 Å². The number of nitrogens with two attached hydrogens (primary N) is 1. The van der Waals surface area contributed by atoms with Crippen molar-refractivity contribution in [2.45, 2.75) is 37.8 Å². The third kappa shape index (κ3) is 2.99. The third-order valence-electron chi connectivity index (χ3n) is 4.02. The highest BCUT2D eigenvalue weighted by Gasteiger charge is 2.22. The minimum Gasteiger partial charge on any atom is -0.353 e. The van der Waals surface area contributed by atoms with Crippen molar-refractivity contribution >= 4 is 16.7 Å². The van der Waals surface area contributed by atoms with E-state index < -0.39 is 0 Å². The standard InChI is InChI=1S/C17H20N2O/c18-15-7-8-16(11-15)19-17(20)10-12-5-6-13-3-1-2-4-14(13)9-12/h1-6,9,15-16H,7-8,10-11,18H2,(H,19,20). The van der Waals surface area contributed by atoms with Gasteiger partial charge in [0.1, 0.15) is 0 Å². The fourth-order valence-electron chi connectivity index (χ4n) is 2.96. The zero-order valence-corrected chi connectivity index (χ0v) is 11.5. The van der Waals surface area contributed by atoms with Crippen LogP contribution in [0, 0.1) is 0 Å². The molecule has 3 heteroatoms. The molecular formula is C17H20N2O. The molecule has 0 bridgehead atoms. The minimum atomic E-state index is 0.0966. The molecule has 0 saturated heterocycles. The van der Waals surface area contributed by atoms with E-state index in [2.05, 4.69) is 29.6 Å². The lowest BCUT2D eigenvalue weighted by atomic mass is 10.0. The fraction of sp³-hybridized carbons (Fsp3) is 0.353. The highest BCUT2D eigenvalue weighted by molar-refractivity contribution is 5.85. The molecule has 2 unspecified atom stereocenters. The highest BCUT2D eigenvalue weighted by atomic mass is 16.1. The lowest BCUT2D eigenvalue weighted by Crippen LogP contribution is -2.35. The van der Waals surface area contributed by atoms with Crippen molar-refractivity contribution in [2.24, 2.45) is 5.73 Å². The number of carbonyl (C=O) groups is 1. The molecule has 3 N–H and O–H groups in total. The molecule has 20 heavy (non-hydrogen) atoms. The van der Waals surface area contributed by atoms with Gasteiger partial charge in [-0.1, -0.05) is 42.5 Å². The van der Waals surface area contributed by atoms with Crippen molar-refractivity contribution in [1.82, 2.24) is 5.32 Å². The van der Waals surface area contributed by atoms with Crippen molar-refractivity contribution in [3.8, 4) is 0 Å². The van der Waals surface area contributed by atoms with Crippen LogP contribution >= 0.6 is 0 Å². The molecular weight excluding hydrogens is 248 g/mol. The summed E-state index contributed by atoms with van der Waals surface area (Å²) in [7, 11) is 0. The SMILES string of the molecule is NC1CCC(NC(=O)Cc2ccc3ccccc3c2)C1. The molecule has 0 aliphatic heterocycles. The molecule has 0 heterocycles. The number of rotatable bonds is 3. The van der Waals surface area contributed by atoms with Gasteiger partial charge in [0.25, 0.3) is 0 Å². The molecule has 1 amide bonds. The van der Waals surface area contributed by atoms with Gasteiger partial charge in [-0.05, 0) is 35.6 Å². The summed E-state index contributed by atoms with van der Waals surface area (Å²) < 4.78 is 0. The van der Waals surface area contributed by atoms with Crippen LogP contribution in [0.3, 0.4) is 0 Å². The summed E-state index contributed by atoms with van der Waals surface area (Å²) in [6.45, 7) is 0. The zero-order valence-electron chi connectivity index (χ0n) is 11.5. The Balaban J connectivity index is 1.65. The van der Waals surface area contributed by atoms with Crippen LogP contribution in [0.5, 0.6) is 0 Å². The average Bonchev–Trinajstić information content (AvgIpc) is 2.83. The number of amides is 1. The first kappa shape index (κ1) is 13.1. The van der Waals surface area contributed by atoms with Crippen molar-refractivity contribution in [3.05, 3.63) is 48.0 Å². The van der Waals surface area contributed by atoms with Crippen LogP contribution in [-0.2, 0) is 11.2 Å². The highest BCUT2D eigenvalue weighted by Crippen LogP contribution is 2.18. The van der Waals surface area contributed by atoms with Gasteiger partial charge in [-0.15, -0.1) is 0 Å². The van der Waals surface area contributed by atoms with Crippen LogP contribution < -0.4 is 11.1 Å². The molecule has 3 rings (SSSR count). The van der Waals surface area contributed by atoms with E-state index in [1.165, 1.54) is 10.8 Å². The van der Waals surface area contributed by atoms with Gasteiger partial charge in [-0.25, -0.2) is 0 Å². The van der Waals surface area contributed by atoms with Gasteiger partial charge in [-0.2, -0.15) is 0 Å². The normalized spacial score (nSPS) is 22.1. The second-order valence-electron chi connectivity index (χ2n) is 5.70. The Kier molecular flexibility index (Phi) is 3.70. The molecule has 1 aliphatic rings. The molecule has 104 valence electrons. The smallest absolute Gasteiger partial charge is 0.224 e. The molecule has 0 radical (unpaired) electrons. The maximum Gasteiger partial charge on any atom is 0.224 e. The number of hydrogen-bond acceptors (Lipinski definition) is 2. The molecule has 3 nitrogen and oxygen atoms in total. The second-order valence-corrected chi connectivity index (χ2v) is 5.70. The van der Waals surface area contributed by atoms with Crippen molar-refractivity contribution in [3.63, 3.8) is 0 Å². The topological polar surface area (TPSA) is 55.1 Å². The van der Waals surface area contributed by atoms with Gasteiger partial charge < -0.3 is 11.1 Å². The van der Waals surface area contributed by atoms with Gasteiger partial charge in [0.15, 0.2) is 0 Å². The Hall–Kier alpha value is -1.87. The molecule has 2 aromatic carbocycles. The zero-order chi connectivity index (χ0) is 13.9. The van der Waals surface area contributed by atoms with Crippen molar-refractivity contribution < 1.29 is 4.79 Å². The molecule has 2 aromatic rings. The van der Waals surface area contributed by atoms with Crippen LogP contribution in [0.25, 0.3) is 10.8 Å². The van der Waals surface area contributed by atoms with E-state index in [0.717, 1.165) is 24.8 Å². The first-order valence-corrected chi connectivity index (χ1v) is 7.23. The van der Waals surface area contributed by atoms with E-state index >= 15 is 0 Å². The summed E-state index contributed by atoms with van der Waals surface area (Å²) in [6, 6.07) is 14.9. The summed E-state index contributed by atoms with van der Waals surface area (Å²) >= 11 is 0. The lowest BCUT2D eigenvalue weighted by molar-refractivity contribution is -0.121. The van der Waals surface area contributed by atoms with Gasteiger partial charge in [0.2, 0.25) is 5.91 Å². The average molecular weight is 268 g/mol. The quantitative estimate of drug-likeness (QED) is 0.898. The fourth-order valence-corrected chi connectivity index (χ4v) is 2.96. The summed E-state index contributed by atoms with van der Waals surface area (Å²) in [5.41, 5.74) is 6.92. The Morgan fingerprint density at radius 2 is 1.95 bits per heavy atom. The summed E-state index contributed by atoms with van der Waals surface area (Å²) in [5.74, 6) is 0.0966. The van der Waals surface area contributed by atoms with Gasteiger partial charge >= 0.3 is 0 Å². The minimum absolute atomic E-state index is 0.0966. The molecule has 2 atom stereocenters. The van der Waals surface area contributed by atoms with Crippen LogP contribution in [0.2, 0.25) is 0 Å². The maximum atomic E-state index is 12.1. The predicted molar refractivity (Wildman–Crippen MR) is 81.4 cm³/mol. The van der Waals surface area contributed by atoms with E-state index in [-0.39, 0.29) is 18.0 Å². The van der Waals surface area contributed by atoms with E-state index in [4.69, 9.17) is 5.73 Å². The van der Waals surface area contributed by atoms with E-state index in [0.29, 0.717) is 6.42 Å².